The second kappa shape index (κ2) is 9.20. The fraction of sp³-hybridized carbons (Fsp3) is 0.636. The first kappa shape index (κ1) is 18.9. The molecule has 1 aliphatic heterocycles. The summed E-state index contributed by atoms with van der Waals surface area (Å²) in [5.74, 6) is 1.45. The number of hydrogen-bond acceptors (Lipinski definition) is 2. The van der Waals surface area contributed by atoms with Gasteiger partial charge in [0.15, 0.2) is 0 Å². The van der Waals surface area contributed by atoms with E-state index in [-0.39, 0.29) is 5.91 Å². The summed E-state index contributed by atoms with van der Waals surface area (Å²) in [6, 6.07) is 8.57. The molecule has 4 nitrogen and oxygen atoms in total. The number of aryl methyl sites for hydroxylation is 1. The monoisotopic (exact) mass is 356 g/mol. The summed E-state index contributed by atoms with van der Waals surface area (Å²) in [5, 5.41) is 0. The minimum Gasteiger partial charge on any atom is -0.370 e. The molecule has 4 heteroatoms. The van der Waals surface area contributed by atoms with Gasteiger partial charge in [0.25, 0.3) is 0 Å². The van der Waals surface area contributed by atoms with Gasteiger partial charge in [0, 0.05) is 25.9 Å². The molecule has 1 aromatic carbocycles. The summed E-state index contributed by atoms with van der Waals surface area (Å²) in [6.07, 6.45) is 10.3. The highest BCUT2D eigenvalue weighted by Gasteiger charge is 2.26. The Labute approximate surface area is 157 Å². The van der Waals surface area contributed by atoms with Crippen LogP contribution in [-0.4, -0.2) is 29.8 Å². The predicted octanol–water partition coefficient (Wildman–Crippen LogP) is 3.47. The molecule has 2 N–H and O–H groups in total. The van der Waals surface area contributed by atoms with E-state index in [1.165, 1.54) is 36.8 Å². The first-order chi connectivity index (χ1) is 12.6. The zero-order valence-corrected chi connectivity index (χ0v) is 15.8. The zero-order valence-electron chi connectivity index (χ0n) is 15.8. The van der Waals surface area contributed by atoms with Crippen LogP contribution in [-0.2, 0) is 22.4 Å². The summed E-state index contributed by atoms with van der Waals surface area (Å²) in [5.41, 5.74) is 7.72. The highest BCUT2D eigenvalue weighted by Crippen LogP contribution is 2.29. The van der Waals surface area contributed by atoms with Crippen LogP contribution in [0.2, 0.25) is 0 Å². The summed E-state index contributed by atoms with van der Waals surface area (Å²) < 4.78 is 0. The van der Waals surface area contributed by atoms with Gasteiger partial charge in [-0.15, -0.1) is 0 Å². The molecular weight excluding hydrogens is 324 g/mol. The van der Waals surface area contributed by atoms with E-state index in [0.717, 1.165) is 45.2 Å². The molecule has 26 heavy (non-hydrogen) atoms. The third kappa shape index (κ3) is 5.58. The number of benzene rings is 1. The first-order valence-electron chi connectivity index (χ1n) is 10.2. The van der Waals surface area contributed by atoms with E-state index >= 15 is 0 Å². The van der Waals surface area contributed by atoms with Crippen molar-refractivity contribution in [1.82, 2.24) is 4.90 Å². The van der Waals surface area contributed by atoms with Crippen LogP contribution in [0.15, 0.2) is 24.3 Å². The molecule has 0 unspecified atom stereocenters. The molecule has 2 aliphatic rings. The second-order valence-electron chi connectivity index (χ2n) is 8.17. The quantitative estimate of drug-likeness (QED) is 0.813. The van der Waals surface area contributed by atoms with E-state index in [1.54, 1.807) is 0 Å². The fourth-order valence-corrected chi connectivity index (χ4v) is 4.42. The Bertz CT molecular complexity index is 597. The zero-order chi connectivity index (χ0) is 18.4. The Balaban J connectivity index is 1.40. The Hall–Kier alpha value is -1.84. The van der Waals surface area contributed by atoms with Crippen molar-refractivity contribution >= 4 is 11.8 Å². The first-order valence-corrected chi connectivity index (χ1v) is 10.2. The summed E-state index contributed by atoms with van der Waals surface area (Å²) in [4.78, 5) is 25.4. The number of hydrogen-bond donors (Lipinski definition) is 1. The molecule has 0 spiro atoms. The molecule has 2 amide bonds. The number of primary amides is 1. The van der Waals surface area contributed by atoms with Crippen LogP contribution in [0.5, 0.6) is 0 Å². The molecule has 2 fully saturated rings. The van der Waals surface area contributed by atoms with E-state index in [9.17, 15) is 9.59 Å². The predicted molar refractivity (Wildman–Crippen MR) is 104 cm³/mol. The van der Waals surface area contributed by atoms with Gasteiger partial charge in [-0.05, 0) is 61.5 Å². The van der Waals surface area contributed by atoms with Gasteiger partial charge in [0.2, 0.25) is 11.8 Å². The average molecular weight is 357 g/mol. The van der Waals surface area contributed by atoms with Gasteiger partial charge in [-0.2, -0.15) is 0 Å². The molecular formula is C22H32N2O2. The van der Waals surface area contributed by atoms with E-state index in [0.29, 0.717) is 24.2 Å². The van der Waals surface area contributed by atoms with Crippen LogP contribution in [0.1, 0.15) is 62.5 Å². The van der Waals surface area contributed by atoms with E-state index in [1.807, 2.05) is 0 Å². The summed E-state index contributed by atoms with van der Waals surface area (Å²) >= 11 is 0. The molecule has 1 saturated heterocycles. The van der Waals surface area contributed by atoms with Gasteiger partial charge in [0.1, 0.15) is 0 Å². The highest BCUT2D eigenvalue weighted by atomic mass is 16.2. The van der Waals surface area contributed by atoms with Gasteiger partial charge in [-0.25, -0.2) is 0 Å². The number of nitrogens with two attached hydrogens (primary N) is 1. The molecule has 1 saturated carbocycles. The van der Waals surface area contributed by atoms with Crippen molar-refractivity contribution in [2.75, 3.05) is 13.1 Å². The normalized spacial score (nSPS) is 19.0. The van der Waals surface area contributed by atoms with Crippen molar-refractivity contribution in [1.29, 1.82) is 0 Å². The third-order valence-corrected chi connectivity index (χ3v) is 6.11. The van der Waals surface area contributed by atoms with Crippen LogP contribution < -0.4 is 5.73 Å². The molecule has 0 radical (unpaired) electrons. The second-order valence-corrected chi connectivity index (χ2v) is 8.17. The van der Waals surface area contributed by atoms with E-state index < -0.39 is 0 Å². The number of likely N-dealkylation sites (tertiary alicyclic amines) is 1. The van der Waals surface area contributed by atoms with E-state index in [4.69, 9.17) is 5.73 Å². The maximum Gasteiger partial charge on any atom is 0.222 e. The highest BCUT2D eigenvalue weighted by molar-refractivity contribution is 5.76. The third-order valence-electron chi connectivity index (χ3n) is 6.11. The standard InChI is InChI=1S/C22H32N2O2/c23-21(25)10-9-17-5-7-19(8-6-17)15-20-11-13-24(14-12-20)22(26)16-18-3-1-2-4-18/h5-8,18,20H,1-4,9-16H2,(H2,23,25). The largest absolute Gasteiger partial charge is 0.370 e. The van der Waals surface area contributed by atoms with Crippen molar-refractivity contribution < 1.29 is 9.59 Å². The molecule has 0 aromatic heterocycles. The Kier molecular flexibility index (Phi) is 6.70. The molecule has 3 rings (SSSR count). The lowest BCUT2D eigenvalue weighted by atomic mass is 9.89. The van der Waals surface area contributed by atoms with Crippen LogP contribution in [0.3, 0.4) is 0 Å². The Morgan fingerprint density at radius 3 is 2.15 bits per heavy atom. The van der Waals surface area contributed by atoms with Crippen LogP contribution in [0.25, 0.3) is 0 Å². The molecule has 1 aliphatic carbocycles. The maximum absolute atomic E-state index is 12.5. The fourth-order valence-electron chi connectivity index (χ4n) is 4.42. The molecule has 142 valence electrons. The van der Waals surface area contributed by atoms with Crippen LogP contribution in [0.4, 0.5) is 0 Å². The molecule has 1 heterocycles. The van der Waals surface area contributed by atoms with Crippen molar-refractivity contribution in [3.8, 4) is 0 Å². The summed E-state index contributed by atoms with van der Waals surface area (Å²) in [7, 11) is 0. The minimum atomic E-state index is -0.247. The van der Waals surface area contributed by atoms with E-state index in [2.05, 4.69) is 29.2 Å². The average Bonchev–Trinajstić information content (AvgIpc) is 3.14. The topological polar surface area (TPSA) is 63.4 Å². The SMILES string of the molecule is NC(=O)CCc1ccc(CC2CCN(C(=O)CC3CCCC3)CC2)cc1. The molecule has 0 bridgehead atoms. The molecule has 0 atom stereocenters. The van der Waals surface area contributed by atoms with Gasteiger partial charge >= 0.3 is 0 Å². The lowest BCUT2D eigenvalue weighted by Crippen LogP contribution is -2.39. The van der Waals surface area contributed by atoms with Crippen molar-refractivity contribution in [3.05, 3.63) is 35.4 Å². The van der Waals surface area contributed by atoms with Gasteiger partial charge in [-0.3, -0.25) is 9.59 Å². The van der Waals surface area contributed by atoms with Crippen LogP contribution >= 0.6 is 0 Å². The molecule has 1 aromatic rings. The van der Waals surface area contributed by atoms with Crippen molar-refractivity contribution in [3.63, 3.8) is 0 Å². The van der Waals surface area contributed by atoms with Crippen LogP contribution in [0, 0.1) is 11.8 Å². The van der Waals surface area contributed by atoms with Gasteiger partial charge in [-0.1, -0.05) is 37.1 Å². The van der Waals surface area contributed by atoms with Crippen molar-refractivity contribution in [2.24, 2.45) is 17.6 Å². The maximum atomic E-state index is 12.5. The van der Waals surface area contributed by atoms with Gasteiger partial charge in [0.05, 0.1) is 0 Å². The smallest absolute Gasteiger partial charge is 0.222 e. The number of carbonyl (C=O) groups excluding carboxylic acids is 2. The Morgan fingerprint density at radius 1 is 0.923 bits per heavy atom. The minimum absolute atomic E-state index is 0.247. The Morgan fingerprint density at radius 2 is 1.54 bits per heavy atom. The lowest BCUT2D eigenvalue weighted by molar-refractivity contribution is -0.133. The van der Waals surface area contributed by atoms with Gasteiger partial charge < -0.3 is 10.6 Å². The summed E-state index contributed by atoms with van der Waals surface area (Å²) in [6.45, 7) is 1.85. The number of amides is 2. The lowest BCUT2D eigenvalue weighted by Gasteiger charge is -2.32. The number of carbonyl (C=O) groups is 2. The number of piperidine rings is 1. The number of rotatable bonds is 7. The number of nitrogens with zero attached hydrogens (tertiary/aromatic N) is 1. The van der Waals surface area contributed by atoms with Crippen molar-refractivity contribution in [2.45, 2.75) is 64.2 Å².